The van der Waals surface area contributed by atoms with Crippen LogP contribution in [0.4, 0.5) is 5.95 Å². The molecule has 6 nitrogen and oxygen atoms in total. The molecule has 0 aromatic carbocycles. The lowest BCUT2D eigenvalue weighted by Crippen LogP contribution is -2.20. The first-order valence-corrected chi connectivity index (χ1v) is 7.83. The molecule has 1 saturated heterocycles. The van der Waals surface area contributed by atoms with Crippen molar-refractivity contribution in [2.75, 3.05) is 18.0 Å². The van der Waals surface area contributed by atoms with Crippen LogP contribution in [0.3, 0.4) is 0 Å². The number of aromatic nitrogens is 3. The van der Waals surface area contributed by atoms with Crippen molar-refractivity contribution in [2.24, 2.45) is 0 Å². The van der Waals surface area contributed by atoms with Gasteiger partial charge in [-0.2, -0.15) is 0 Å². The molecule has 0 N–H and O–H groups in total. The van der Waals surface area contributed by atoms with E-state index in [4.69, 9.17) is 13.9 Å². The van der Waals surface area contributed by atoms with Crippen LogP contribution in [0, 0.1) is 13.8 Å². The minimum atomic E-state index is 0.696. The first-order valence-electron chi connectivity index (χ1n) is 7.83. The van der Waals surface area contributed by atoms with Gasteiger partial charge >= 0.3 is 0 Å². The Morgan fingerprint density at radius 3 is 2.65 bits per heavy atom. The summed E-state index contributed by atoms with van der Waals surface area (Å²) >= 11 is 0. The third kappa shape index (κ3) is 2.40. The van der Waals surface area contributed by atoms with E-state index < -0.39 is 0 Å². The smallest absolute Gasteiger partial charge is 0.226 e. The maximum Gasteiger partial charge on any atom is 0.226 e. The molecule has 0 aliphatic carbocycles. The molecule has 0 radical (unpaired) electrons. The Morgan fingerprint density at radius 2 is 2.00 bits per heavy atom. The predicted molar refractivity (Wildman–Crippen MR) is 86.2 cm³/mol. The molecule has 3 aromatic rings. The average molecular weight is 310 g/mol. The van der Waals surface area contributed by atoms with Gasteiger partial charge in [-0.3, -0.25) is 0 Å². The molecule has 118 valence electrons. The van der Waals surface area contributed by atoms with Crippen LogP contribution < -0.4 is 4.90 Å². The van der Waals surface area contributed by atoms with E-state index in [1.54, 1.807) is 6.26 Å². The molecule has 1 fully saturated rings. The fraction of sp³-hybridized carbons (Fsp3) is 0.353. The first-order chi connectivity index (χ1) is 11.2. The zero-order valence-corrected chi connectivity index (χ0v) is 13.2. The number of anilines is 1. The molecular formula is C17H18N4O2. The third-order valence-electron chi connectivity index (χ3n) is 4.32. The quantitative estimate of drug-likeness (QED) is 0.736. The summed E-state index contributed by atoms with van der Waals surface area (Å²) in [6, 6.07) is 3.76. The van der Waals surface area contributed by atoms with Crippen molar-refractivity contribution in [3.8, 4) is 22.8 Å². The summed E-state index contributed by atoms with van der Waals surface area (Å²) in [6.07, 6.45) is 5.82. The maximum absolute atomic E-state index is 5.58. The second kappa shape index (κ2) is 5.53. The summed E-state index contributed by atoms with van der Waals surface area (Å²) in [7, 11) is 0. The Bertz CT molecular complexity index is 817. The van der Waals surface area contributed by atoms with E-state index in [9.17, 15) is 0 Å². The van der Waals surface area contributed by atoms with Gasteiger partial charge in [-0.1, -0.05) is 5.16 Å². The van der Waals surface area contributed by atoms with E-state index in [2.05, 4.69) is 15.0 Å². The van der Waals surface area contributed by atoms with Crippen molar-refractivity contribution in [1.29, 1.82) is 0 Å². The number of rotatable bonds is 3. The van der Waals surface area contributed by atoms with Crippen LogP contribution in [0.1, 0.15) is 24.1 Å². The van der Waals surface area contributed by atoms with Gasteiger partial charge < -0.3 is 13.8 Å². The fourth-order valence-electron chi connectivity index (χ4n) is 2.88. The van der Waals surface area contributed by atoms with Gasteiger partial charge in [0.1, 0.15) is 5.69 Å². The molecule has 0 bridgehead atoms. The SMILES string of the molecule is Cc1noc(-c2cnc(N3CCCC3)nc2-c2ccco2)c1C. The highest BCUT2D eigenvalue weighted by Crippen LogP contribution is 2.34. The van der Waals surface area contributed by atoms with Gasteiger partial charge in [0.05, 0.1) is 17.5 Å². The Morgan fingerprint density at radius 1 is 1.17 bits per heavy atom. The first kappa shape index (κ1) is 14.0. The van der Waals surface area contributed by atoms with E-state index in [-0.39, 0.29) is 0 Å². The summed E-state index contributed by atoms with van der Waals surface area (Å²) in [4.78, 5) is 11.5. The van der Waals surface area contributed by atoms with Crippen molar-refractivity contribution in [3.63, 3.8) is 0 Å². The lowest BCUT2D eigenvalue weighted by molar-refractivity contribution is 0.426. The highest BCUT2D eigenvalue weighted by Gasteiger charge is 2.22. The molecular weight excluding hydrogens is 292 g/mol. The van der Waals surface area contributed by atoms with Crippen molar-refractivity contribution in [3.05, 3.63) is 35.9 Å². The van der Waals surface area contributed by atoms with Gasteiger partial charge in [0.25, 0.3) is 0 Å². The van der Waals surface area contributed by atoms with Crippen LogP contribution in [0.15, 0.2) is 33.5 Å². The van der Waals surface area contributed by atoms with Crippen molar-refractivity contribution in [1.82, 2.24) is 15.1 Å². The highest BCUT2D eigenvalue weighted by molar-refractivity contribution is 5.77. The minimum Gasteiger partial charge on any atom is -0.463 e. The molecule has 1 aliphatic heterocycles. The molecule has 0 atom stereocenters. The molecule has 3 aromatic heterocycles. The van der Waals surface area contributed by atoms with Crippen molar-refractivity contribution < 1.29 is 8.94 Å². The Kier molecular flexibility index (Phi) is 3.37. The molecule has 1 aliphatic rings. The number of aryl methyl sites for hydroxylation is 1. The molecule has 23 heavy (non-hydrogen) atoms. The summed E-state index contributed by atoms with van der Waals surface area (Å²) < 4.78 is 11.1. The van der Waals surface area contributed by atoms with E-state index in [0.29, 0.717) is 11.5 Å². The average Bonchev–Trinajstić information content (AvgIpc) is 3.31. The maximum atomic E-state index is 5.58. The van der Waals surface area contributed by atoms with Gasteiger partial charge in [0.2, 0.25) is 5.95 Å². The predicted octanol–water partition coefficient (Wildman–Crippen LogP) is 3.61. The third-order valence-corrected chi connectivity index (χ3v) is 4.32. The van der Waals surface area contributed by atoms with Crippen molar-refractivity contribution >= 4 is 5.95 Å². The van der Waals surface area contributed by atoms with E-state index >= 15 is 0 Å². The number of nitrogens with zero attached hydrogens (tertiary/aromatic N) is 4. The van der Waals surface area contributed by atoms with E-state index in [1.165, 1.54) is 12.8 Å². The zero-order chi connectivity index (χ0) is 15.8. The van der Waals surface area contributed by atoms with Crippen LogP contribution in [0.5, 0.6) is 0 Å². The van der Waals surface area contributed by atoms with Crippen LogP contribution in [-0.4, -0.2) is 28.2 Å². The topological polar surface area (TPSA) is 68.2 Å². The lowest BCUT2D eigenvalue weighted by atomic mass is 10.1. The second-order valence-corrected chi connectivity index (χ2v) is 5.83. The summed E-state index contributed by atoms with van der Waals surface area (Å²) in [5, 5.41) is 4.04. The number of hydrogen-bond acceptors (Lipinski definition) is 6. The standard InChI is InChI=1S/C17H18N4O2/c1-11-12(2)20-23-16(11)13-10-18-17(21-7-3-4-8-21)19-15(13)14-6-5-9-22-14/h5-6,9-10H,3-4,7-8H2,1-2H3. The molecule has 0 amide bonds. The number of hydrogen-bond donors (Lipinski definition) is 0. The molecule has 0 spiro atoms. The minimum absolute atomic E-state index is 0.696. The van der Waals surface area contributed by atoms with Crippen LogP contribution in [0.2, 0.25) is 0 Å². The molecule has 6 heteroatoms. The molecule has 0 unspecified atom stereocenters. The Labute approximate surface area is 134 Å². The lowest BCUT2D eigenvalue weighted by Gasteiger charge is -2.16. The van der Waals surface area contributed by atoms with Gasteiger partial charge in [-0.15, -0.1) is 0 Å². The summed E-state index contributed by atoms with van der Waals surface area (Å²) in [6.45, 7) is 5.91. The zero-order valence-electron chi connectivity index (χ0n) is 13.2. The monoisotopic (exact) mass is 310 g/mol. The Hall–Kier alpha value is -2.63. The van der Waals surface area contributed by atoms with Crippen molar-refractivity contribution in [2.45, 2.75) is 26.7 Å². The Balaban J connectivity index is 1.86. The highest BCUT2D eigenvalue weighted by atomic mass is 16.5. The van der Waals surface area contributed by atoms with Crippen LogP contribution in [-0.2, 0) is 0 Å². The largest absolute Gasteiger partial charge is 0.463 e. The van der Waals surface area contributed by atoms with E-state index in [1.807, 2.05) is 32.2 Å². The van der Waals surface area contributed by atoms with Crippen LogP contribution >= 0.6 is 0 Å². The summed E-state index contributed by atoms with van der Waals surface area (Å²) in [5.41, 5.74) is 3.41. The van der Waals surface area contributed by atoms with Gasteiger partial charge in [-0.25, -0.2) is 9.97 Å². The normalized spacial score (nSPS) is 14.6. The molecule has 4 rings (SSSR count). The fourth-order valence-corrected chi connectivity index (χ4v) is 2.88. The molecule has 4 heterocycles. The van der Waals surface area contributed by atoms with Gasteiger partial charge in [0, 0.05) is 24.8 Å². The van der Waals surface area contributed by atoms with Gasteiger partial charge in [0.15, 0.2) is 11.5 Å². The second-order valence-electron chi connectivity index (χ2n) is 5.83. The molecule has 0 saturated carbocycles. The van der Waals surface area contributed by atoms with E-state index in [0.717, 1.165) is 41.6 Å². The summed E-state index contributed by atoms with van der Waals surface area (Å²) in [5.74, 6) is 2.14. The van der Waals surface area contributed by atoms with Gasteiger partial charge in [-0.05, 0) is 38.8 Å². The van der Waals surface area contributed by atoms with Crippen LogP contribution in [0.25, 0.3) is 22.8 Å². The number of furan rings is 1.